The van der Waals surface area contributed by atoms with E-state index < -0.39 is 5.97 Å². The van der Waals surface area contributed by atoms with E-state index in [-0.39, 0.29) is 12.5 Å². The Bertz CT molecular complexity index is 1100. The summed E-state index contributed by atoms with van der Waals surface area (Å²) in [5.41, 5.74) is 4.00. The highest BCUT2D eigenvalue weighted by Crippen LogP contribution is 2.39. The number of carboxylic acid groups (broad SMARTS) is 1. The van der Waals surface area contributed by atoms with Crippen LogP contribution in [0.4, 0.5) is 0 Å². The van der Waals surface area contributed by atoms with E-state index in [1.165, 1.54) is 4.88 Å². The van der Waals surface area contributed by atoms with Crippen molar-refractivity contribution in [2.24, 2.45) is 4.99 Å². The van der Waals surface area contributed by atoms with Crippen LogP contribution in [0.25, 0.3) is 5.00 Å². The lowest BCUT2D eigenvalue weighted by molar-refractivity contribution is -0.137. The average molecular weight is 415 g/mol. The average Bonchev–Trinajstić information content (AvgIpc) is 3.12. The molecule has 1 atom stereocenters. The van der Waals surface area contributed by atoms with Gasteiger partial charge in [0.05, 0.1) is 5.71 Å². The molecule has 0 fully saturated rings. The van der Waals surface area contributed by atoms with Crippen molar-refractivity contribution in [3.05, 3.63) is 62.5 Å². The Labute approximate surface area is 171 Å². The highest BCUT2D eigenvalue weighted by atomic mass is 35.5. The smallest absolute Gasteiger partial charge is 0.303 e. The number of aliphatic imine (C=N–C) groups is 1. The van der Waals surface area contributed by atoms with E-state index in [2.05, 4.69) is 24.0 Å². The first kappa shape index (κ1) is 18.8. The van der Waals surface area contributed by atoms with Crippen molar-refractivity contribution in [2.75, 3.05) is 0 Å². The first-order valence-electron chi connectivity index (χ1n) is 8.95. The lowest BCUT2D eigenvalue weighted by atomic mass is 9.99. The normalized spacial score (nSPS) is 15.6. The van der Waals surface area contributed by atoms with E-state index in [1.807, 2.05) is 35.8 Å². The van der Waals surface area contributed by atoms with Gasteiger partial charge in [-0.3, -0.25) is 14.4 Å². The van der Waals surface area contributed by atoms with Crippen molar-refractivity contribution >= 4 is 34.6 Å². The Morgan fingerprint density at radius 1 is 1.21 bits per heavy atom. The van der Waals surface area contributed by atoms with Crippen molar-refractivity contribution in [3.63, 3.8) is 0 Å². The summed E-state index contributed by atoms with van der Waals surface area (Å²) < 4.78 is 2.03. The Kier molecular flexibility index (Phi) is 4.81. The van der Waals surface area contributed by atoms with Gasteiger partial charge in [-0.2, -0.15) is 0 Å². The third-order valence-electron chi connectivity index (χ3n) is 4.99. The van der Waals surface area contributed by atoms with Crippen LogP contribution in [0.5, 0.6) is 0 Å². The predicted octanol–water partition coefficient (Wildman–Crippen LogP) is 4.66. The van der Waals surface area contributed by atoms with Gasteiger partial charge < -0.3 is 5.11 Å². The van der Waals surface area contributed by atoms with Gasteiger partial charge in [-0.15, -0.1) is 21.5 Å². The Balaban J connectivity index is 1.98. The maximum atomic E-state index is 11.2. The Morgan fingerprint density at radius 2 is 1.93 bits per heavy atom. The Hall–Kier alpha value is -2.51. The second kappa shape index (κ2) is 7.14. The molecule has 0 saturated heterocycles. The molecule has 0 aliphatic carbocycles. The minimum absolute atomic E-state index is 0.0135. The summed E-state index contributed by atoms with van der Waals surface area (Å²) in [4.78, 5) is 17.4. The summed E-state index contributed by atoms with van der Waals surface area (Å²) >= 11 is 7.76. The van der Waals surface area contributed by atoms with Crippen LogP contribution < -0.4 is 0 Å². The van der Waals surface area contributed by atoms with E-state index in [4.69, 9.17) is 16.6 Å². The lowest BCUT2D eigenvalue weighted by Gasteiger charge is -2.11. The van der Waals surface area contributed by atoms with Crippen molar-refractivity contribution in [2.45, 2.75) is 39.7 Å². The summed E-state index contributed by atoms with van der Waals surface area (Å²) in [7, 11) is 0. The summed E-state index contributed by atoms with van der Waals surface area (Å²) in [6.45, 7) is 6.09. The number of aromatic nitrogens is 3. The van der Waals surface area contributed by atoms with Crippen molar-refractivity contribution in [1.82, 2.24) is 14.8 Å². The number of rotatable bonds is 4. The minimum Gasteiger partial charge on any atom is -0.481 e. The second-order valence-corrected chi connectivity index (χ2v) is 8.48. The molecule has 0 spiro atoms. The van der Waals surface area contributed by atoms with Gasteiger partial charge in [0, 0.05) is 27.4 Å². The van der Waals surface area contributed by atoms with Gasteiger partial charge >= 0.3 is 5.97 Å². The molecule has 0 radical (unpaired) electrons. The SMILES string of the molecule is Cc1sc2c(c1C)C(c1ccc(Cl)cc1)=NC(CCC(=O)O)c1nnc(C)n1-2. The summed E-state index contributed by atoms with van der Waals surface area (Å²) in [6, 6.07) is 7.20. The third-order valence-corrected chi connectivity index (χ3v) is 6.43. The van der Waals surface area contributed by atoms with Gasteiger partial charge in [0.1, 0.15) is 16.9 Å². The molecule has 1 aromatic carbocycles. The molecule has 8 heteroatoms. The number of aryl methyl sites for hydroxylation is 2. The first-order valence-corrected chi connectivity index (χ1v) is 10.1. The second-order valence-electron chi connectivity index (χ2n) is 6.84. The van der Waals surface area contributed by atoms with Gasteiger partial charge in [-0.1, -0.05) is 23.7 Å². The third kappa shape index (κ3) is 3.14. The van der Waals surface area contributed by atoms with E-state index in [0.29, 0.717) is 17.3 Å². The van der Waals surface area contributed by atoms with Gasteiger partial charge in [0.25, 0.3) is 0 Å². The van der Waals surface area contributed by atoms with Gasteiger partial charge in [0.15, 0.2) is 5.82 Å². The van der Waals surface area contributed by atoms with E-state index >= 15 is 0 Å². The standard InChI is InChI=1S/C20H19ClN4O2S/c1-10-11(2)28-20-17(10)18(13-4-6-14(21)7-5-13)22-15(8-9-16(26)27)19-24-23-12(3)25(19)20/h4-7,15H,8-9H2,1-3H3,(H,26,27). The van der Waals surface area contributed by atoms with Gasteiger partial charge in [0.2, 0.25) is 0 Å². The van der Waals surface area contributed by atoms with Crippen molar-refractivity contribution in [1.29, 1.82) is 0 Å². The number of carbonyl (C=O) groups is 1. The summed E-state index contributed by atoms with van der Waals surface area (Å²) in [5.74, 6) is 0.604. The fourth-order valence-electron chi connectivity index (χ4n) is 3.45. The molecule has 6 nitrogen and oxygen atoms in total. The molecular formula is C20H19ClN4O2S. The predicted molar refractivity (Wildman–Crippen MR) is 110 cm³/mol. The quantitative estimate of drug-likeness (QED) is 0.672. The van der Waals surface area contributed by atoms with Crippen LogP contribution >= 0.6 is 22.9 Å². The molecule has 0 bridgehead atoms. The summed E-state index contributed by atoms with van der Waals surface area (Å²) in [5, 5.41) is 19.5. The van der Waals surface area contributed by atoms with E-state index in [0.717, 1.165) is 33.2 Å². The fraction of sp³-hybridized carbons (Fsp3) is 0.300. The number of thiophene rings is 1. The molecule has 144 valence electrons. The molecular weight excluding hydrogens is 396 g/mol. The molecule has 3 heterocycles. The highest BCUT2D eigenvalue weighted by Gasteiger charge is 2.31. The van der Waals surface area contributed by atoms with E-state index in [9.17, 15) is 9.90 Å². The van der Waals surface area contributed by atoms with E-state index in [1.54, 1.807) is 11.3 Å². The Morgan fingerprint density at radius 3 is 2.61 bits per heavy atom. The maximum absolute atomic E-state index is 11.2. The van der Waals surface area contributed by atoms with Crippen LogP contribution in [0, 0.1) is 20.8 Å². The molecule has 4 rings (SSSR count). The monoisotopic (exact) mass is 414 g/mol. The van der Waals surface area contributed by atoms with Gasteiger partial charge in [-0.25, -0.2) is 0 Å². The minimum atomic E-state index is -0.850. The maximum Gasteiger partial charge on any atom is 0.303 e. The number of carboxylic acids is 1. The van der Waals surface area contributed by atoms with Crippen molar-refractivity contribution < 1.29 is 9.90 Å². The number of aliphatic carboxylic acids is 1. The zero-order valence-corrected chi connectivity index (χ0v) is 17.3. The van der Waals surface area contributed by atoms with Crippen LogP contribution in [-0.4, -0.2) is 31.6 Å². The van der Waals surface area contributed by atoms with Crippen LogP contribution in [-0.2, 0) is 4.79 Å². The molecule has 1 aliphatic rings. The van der Waals surface area contributed by atoms with Crippen LogP contribution in [0.1, 0.15) is 52.1 Å². The molecule has 2 aromatic heterocycles. The molecule has 1 aliphatic heterocycles. The topological polar surface area (TPSA) is 80.4 Å². The molecule has 1 unspecified atom stereocenters. The largest absolute Gasteiger partial charge is 0.481 e. The molecule has 0 saturated carbocycles. The van der Waals surface area contributed by atoms with Gasteiger partial charge in [-0.05, 0) is 44.9 Å². The lowest BCUT2D eigenvalue weighted by Crippen LogP contribution is -2.08. The number of hydrogen-bond acceptors (Lipinski definition) is 5. The fourth-order valence-corrected chi connectivity index (χ4v) is 4.79. The summed E-state index contributed by atoms with van der Waals surface area (Å²) in [6.07, 6.45) is 0.372. The number of halogens is 1. The zero-order chi connectivity index (χ0) is 20.0. The number of nitrogens with zero attached hydrogens (tertiary/aromatic N) is 4. The number of hydrogen-bond donors (Lipinski definition) is 1. The van der Waals surface area contributed by atoms with Crippen molar-refractivity contribution in [3.8, 4) is 5.00 Å². The number of benzene rings is 1. The van der Waals surface area contributed by atoms with Crippen LogP contribution in [0.15, 0.2) is 29.3 Å². The number of fused-ring (bicyclic) bond motifs is 3. The molecule has 1 N–H and O–H groups in total. The highest BCUT2D eigenvalue weighted by molar-refractivity contribution is 7.15. The van der Waals surface area contributed by atoms with Crippen LogP contribution in [0.2, 0.25) is 5.02 Å². The first-order chi connectivity index (χ1) is 13.4. The molecule has 0 amide bonds. The molecule has 28 heavy (non-hydrogen) atoms. The zero-order valence-electron chi connectivity index (χ0n) is 15.7. The van der Waals surface area contributed by atoms with Crippen LogP contribution in [0.3, 0.4) is 0 Å². The molecule has 3 aromatic rings.